The van der Waals surface area contributed by atoms with E-state index >= 15 is 0 Å². The number of aromatic amines is 1. The highest BCUT2D eigenvalue weighted by atomic mass is 16.5. The van der Waals surface area contributed by atoms with Crippen LogP contribution in [0.25, 0.3) is 0 Å². The number of nitrogens with one attached hydrogen (secondary N) is 1. The highest BCUT2D eigenvalue weighted by Crippen LogP contribution is 2.28. The van der Waals surface area contributed by atoms with Crippen LogP contribution in [0.1, 0.15) is 30.1 Å². The summed E-state index contributed by atoms with van der Waals surface area (Å²) in [5, 5.41) is 10.3. The molecule has 3 rings (SSSR count). The fourth-order valence-electron chi connectivity index (χ4n) is 1.69. The molecule has 2 aromatic rings. The zero-order chi connectivity index (χ0) is 11.7. The number of benzene rings is 1. The average Bonchev–Trinajstić information content (AvgIpc) is 2.99. The normalized spacial score (nSPS) is 16.8. The van der Waals surface area contributed by atoms with Crippen LogP contribution in [0, 0.1) is 0 Å². The average molecular weight is 230 g/mol. The first-order chi connectivity index (χ1) is 8.33. The van der Waals surface area contributed by atoms with E-state index in [1.165, 1.54) is 0 Å². The second-order valence-corrected chi connectivity index (χ2v) is 4.26. The van der Waals surface area contributed by atoms with E-state index in [1.807, 2.05) is 24.3 Å². The summed E-state index contributed by atoms with van der Waals surface area (Å²) in [6.07, 6.45) is 4.34. The third-order valence-electron chi connectivity index (χ3n) is 2.80. The third kappa shape index (κ3) is 2.29. The molecule has 1 saturated carbocycles. The van der Waals surface area contributed by atoms with E-state index in [9.17, 15) is 0 Å². The van der Waals surface area contributed by atoms with Crippen LogP contribution < -0.4 is 10.5 Å². The Kier molecular flexibility index (Phi) is 2.53. The minimum absolute atomic E-state index is 0.267. The summed E-state index contributed by atoms with van der Waals surface area (Å²) in [4.78, 5) is 0. The van der Waals surface area contributed by atoms with Crippen LogP contribution in [0.2, 0.25) is 0 Å². The number of H-pyrrole nitrogens is 1. The second kappa shape index (κ2) is 4.18. The van der Waals surface area contributed by atoms with E-state index < -0.39 is 0 Å². The van der Waals surface area contributed by atoms with Gasteiger partial charge in [0, 0.05) is 0 Å². The quantitative estimate of drug-likeness (QED) is 0.832. The molecule has 3 N–H and O–H groups in total. The van der Waals surface area contributed by atoms with E-state index in [0.29, 0.717) is 6.10 Å². The van der Waals surface area contributed by atoms with E-state index in [4.69, 9.17) is 10.5 Å². The van der Waals surface area contributed by atoms with Gasteiger partial charge in [-0.25, -0.2) is 0 Å². The van der Waals surface area contributed by atoms with E-state index in [-0.39, 0.29) is 6.04 Å². The molecule has 1 aromatic heterocycles. The first kappa shape index (κ1) is 10.3. The van der Waals surface area contributed by atoms with Crippen molar-refractivity contribution in [2.24, 2.45) is 5.73 Å². The highest BCUT2D eigenvalue weighted by molar-refractivity contribution is 5.34. The summed E-state index contributed by atoms with van der Waals surface area (Å²) in [6.45, 7) is 0. The molecular weight excluding hydrogens is 216 g/mol. The van der Waals surface area contributed by atoms with Gasteiger partial charge in [-0.05, 0) is 30.5 Å². The summed E-state index contributed by atoms with van der Waals surface area (Å²) in [5.41, 5.74) is 7.81. The van der Waals surface area contributed by atoms with Gasteiger partial charge < -0.3 is 10.5 Å². The summed E-state index contributed by atoms with van der Waals surface area (Å²) in [6, 6.07) is 7.58. The molecule has 5 heteroatoms. The molecule has 1 aliphatic carbocycles. The first-order valence-electron chi connectivity index (χ1n) is 5.71. The van der Waals surface area contributed by atoms with Gasteiger partial charge in [0.2, 0.25) is 0 Å². The molecule has 1 atom stereocenters. The van der Waals surface area contributed by atoms with Crippen molar-refractivity contribution in [3.8, 4) is 5.75 Å². The molecule has 17 heavy (non-hydrogen) atoms. The monoisotopic (exact) mass is 230 g/mol. The Morgan fingerprint density at radius 3 is 3.00 bits per heavy atom. The summed E-state index contributed by atoms with van der Waals surface area (Å²) in [5.74, 6) is 0.879. The molecular formula is C12H14N4O. The SMILES string of the molecule is NC(c1cccc(OC2CC2)c1)c1cn[nH]n1. The predicted molar refractivity (Wildman–Crippen MR) is 62.5 cm³/mol. The van der Waals surface area contributed by atoms with Gasteiger partial charge in [0.05, 0.1) is 18.3 Å². The fraction of sp³-hybridized carbons (Fsp3) is 0.333. The Balaban J connectivity index is 1.81. The van der Waals surface area contributed by atoms with Gasteiger partial charge in [-0.3, -0.25) is 0 Å². The molecule has 0 bridgehead atoms. The summed E-state index contributed by atoms with van der Waals surface area (Å²) >= 11 is 0. The van der Waals surface area contributed by atoms with E-state index in [0.717, 1.165) is 29.8 Å². The summed E-state index contributed by atoms with van der Waals surface area (Å²) in [7, 11) is 0. The molecule has 0 amide bonds. The Bertz CT molecular complexity index is 493. The number of nitrogens with zero attached hydrogens (tertiary/aromatic N) is 2. The fourth-order valence-corrected chi connectivity index (χ4v) is 1.69. The topological polar surface area (TPSA) is 76.8 Å². The molecule has 1 aromatic carbocycles. The van der Waals surface area contributed by atoms with Gasteiger partial charge in [0.1, 0.15) is 11.4 Å². The van der Waals surface area contributed by atoms with Crippen LogP contribution in [0.15, 0.2) is 30.5 Å². The van der Waals surface area contributed by atoms with Gasteiger partial charge in [-0.15, -0.1) is 0 Å². The van der Waals surface area contributed by atoms with Crippen molar-refractivity contribution >= 4 is 0 Å². The Morgan fingerprint density at radius 2 is 2.29 bits per heavy atom. The minimum Gasteiger partial charge on any atom is -0.490 e. The maximum absolute atomic E-state index is 6.10. The summed E-state index contributed by atoms with van der Waals surface area (Å²) < 4.78 is 5.73. The van der Waals surface area contributed by atoms with Crippen molar-refractivity contribution in [1.29, 1.82) is 0 Å². The largest absolute Gasteiger partial charge is 0.490 e. The lowest BCUT2D eigenvalue weighted by molar-refractivity contribution is 0.303. The first-order valence-corrected chi connectivity index (χ1v) is 5.71. The molecule has 5 nitrogen and oxygen atoms in total. The van der Waals surface area contributed by atoms with Gasteiger partial charge in [-0.1, -0.05) is 12.1 Å². The number of aromatic nitrogens is 3. The van der Waals surface area contributed by atoms with Crippen LogP contribution in [0.3, 0.4) is 0 Å². The van der Waals surface area contributed by atoms with Crippen molar-refractivity contribution in [1.82, 2.24) is 15.4 Å². The Hall–Kier alpha value is -1.88. The highest BCUT2D eigenvalue weighted by Gasteiger charge is 2.23. The van der Waals surface area contributed by atoms with Crippen molar-refractivity contribution in [3.05, 3.63) is 41.7 Å². The lowest BCUT2D eigenvalue weighted by Gasteiger charge is -2.11. The maximum Gasteiger partial charge on any atom is 0.120 e. The standard InChI is InChI=1S/C12H14N4O/c13-12(11-7-14-16-15-11)8-2-1-3-10(6-8)17-9-4-5-9/h1-3,6-7,9,12H,4-5,13H2,(H,14,15,16). The van der Waals surface area contributed by atoms with Crippen LogP contribution >= 0.6 is 0 Å². The number of hydrogen-bond donors (Lipinski definition) is 2. The molecule has 0 saturated heterocycles. The predicted octanol–water partition coefficient (Wildman–Crippen LogP) is 1.39. The maximum atomic E-state index is 6.10. The lowest BCUT2D eigenvalue weighted by Crippen LogP contribution is -2.12. The van der Waals surface area contributed by atoms with E-state index in [1.54, 1.807) is 6.20 Å². The molecule has 1 heterocycles. The molecule has 88 valence electrons. The molecule has 0 radical (unpaired) electrons. The van der Waals surface area contributed by atoms with Crippen LogP contribution in [0.5, 0.6) is 5.75 Å². The molecule has 0 aliphatic heterocycles. The van der Waals surface area contributed by atoms with Crippen molar-refractivity contribution in [2.75, 3.05) is 0 Å². The Labute approximate surface area is 99.0 Å². The molecule has 1 fully saturated rings. The van der Waals surface area contributed by atoms with Gasteiger partial charge in [-0.2, -0.15) is 15.4 Å². The van der Waals surface area contributed by atoms with Crippen LogP contribution in [0.4, 0.5) is 0 Å². The lowest BCUT2D eigenvalue weighted by atomic mass is 10.1. The van der Waals surface area contributed by atoms with Gasteiger partial charge in [0.15, 0.2) is 0 Å². The molecule has 1 unspecified atom stereocenters. The van der Waals surface area contributed by atoms with Gasteiger partial charge >= 0.3 is 0 Å². The Morgan fingerprint density at radius 1 is 1.41 bits per heavy atom. The zero-order valence-electron chi connectivity index (χ0n) is 9.34. The number of nitrogens with two attached hydrogens (primary N) is 1. The molecule has 1 aliphatic rings. The number of rotatable bonds is 4. The van der Waals surface area contributed by atoms with Crippen molar-refractivity contribution < 1.29 is 4.74 Å². The third-order valence-corrected chi connectivity index (χ3v) is 2.80. The van der Waals surface area contributed by atoms with E-state index in [2.05, 4.69) is 15.4 Å². The number of hydrogen-bond acceptors (Lipinski definition) is 4. The minimum atomic E-state index is -0.267. The smallest absolute Gasteiger partial charge is 0.120 e. The molecule has 0 spiro atoms. The van der Waals surface area contributed by atoms with Crippen LogP contribution in [-0.2, 0) is 0 Å². The van der Waals surface area contributed by atoms with Crippen LogP contribution in [-0.4, -0.2) is 21.5 Å². The van der Waals surface area contributed by atoms with Crippen molar-refractivity contribution in [3.63, 3.8) is 0 Å². The van der Waals surface area contributed by atoms with Crippen molar-refractivity contribution in [2.45, 2.75) is 25.0 Å². The van der Waals surface area contributed by atoms with Gasteiger partial charge in [0.25, 0.3) is 0 Å². The number of ether oxygens (including phenoxy) is 1. The second-order valence-electron chi connectivity index (χ2n) is 4.26. The zero-order valence-corrected chi connectivity index (χ0v) is 9.34.